The minimum Gasteiger partial charge on any atom is -0.144 e. The van der Waals surface area contributed by atoms with Crippen LogP contribution in [0, 0.1) is 6.92 Å². The van der Waals surface area contributed by atoms with E-state index >= 15 is 0 Å². The van der Waals surface area contributed by atoms with Crippen LogP contribution in [-0.2, 0) is 0 Å². The van der Waals surface area contributed by atoms with Crippen molar-refractivity contribution in [3.63, 3.8) is 0 Å². The summed E-state index contributed by atoms with van der Waals surface area (Å²) < 4.78 is 0. The van der Waals surface area contributed by atoms with Crippen LogP contribution >= 0.6 is 27.3 Å². The second-order valence-electron chi connectivity index (χ2n) is 2.80. The Morgan fingerprint density at radius 2 is 2.42 bits per heavy atom. The van der Waals surface area contributed by atoms with Gasteiger partial charge in [0.05, 0.1) is 0 Å². The molecule has 1 heterocycles. The molecule has 0 N–H and O–H groups in total. The second kappa shape index (κ2) is 4.83. The van der Waals surface area contributed by atoms with Crippen molar-refractivity contribution in [3.05, 3.63) is 28.0 Å². The van der Waals surface area contributed by atoms with Gasteiger partial charge in [-0.1, -0.05) is 22.0 Å². The van der Waals surface area contributed by atoms with E-state index in [9.17, 15) is 0 Å². The largest absolute Gasteiger partial charge is 0.144 e. The summed E-state index contributed by atoms with van der Waals surface area (Å²) in [6.07, 6.45) is 3.40. The van der Waals surface area contributed by atoms with Gasteiger partial charge < -0.3 is 0 Å². The summed E-state index contributed by atoms with van der Waals surface area (Å²) in [6.45, 7) is 4.35. The highest BCUT2D eigenvalue weighted by molar-refractivity contribution is 9.09. The number of halogens is 1. The van der Waals surface area contributed by atoms with E-state index in [-0.39, 0.29) is 0 Å². The topological polar surface area (TPSA) is 0 Å². The third-order valence-electron chi connectivity index (χ3n) is 1.78. The first-order valence-corrected chi connectivity index (χ1v) is 6.03. The minimum absolute atomic E-state index is 1.05. The van der Waals surface area contributed by atoms with E-state index in [4.69, 9.17) is 0 Å². The highest BCUT2D eigenvalue weighted by Gasteiger charge is 2.00. The summed E-state index contributed by atoms with van der Waals surface area (Å²) in [7, 11) is 0. The highest BCUT2D eigenvalue weighted by Crippen LogP contribution is 2.24. The van der Waals surface area contributed by atoms with E-state index in [1.54, 1.807) is 0 Å². The Kier molecular flexibility index (Phi) is 4.02. The molecule has 0 saturated carbocycles. The molecule has 0 spiro atoms. The number of rotatable bonds is 3. The Labute approximate surface area is 86.4 Å². The SMILES string of the molecule is CC(=CCCBr)c1sccc1C. The number of thiophene rings is 1. The van der Waals surface area contributed by atoms with Crippen LogP contribution in [0.3, 0.4) is 0 Å². The number of alkyl halides is 1. The molecule has 0 aliphatic rings. The van der Waals surface area contributed by atoms with Crippen molar-refractivity contribution in [2.24, 2.45) is 0 Å². The van der Waals surface area contributed by atoms with Crippen molar-refractivity contribution < 1.29 is 0 Å². The van der Waals surface area contributed by atoms with Gasteiger partial charge in [0.2, 0.25) is 0 Å². The molecule has 0 saturated heterocycles. The molecule has 1 aromatic heterocycles. The fraction of sp³-hybridized carbons (Fsp3) is 0.400. The Morgan fingerprint density at radius 1 is 1.67 bits per heavy atom. The Hall–Kier alpha value is -0.0800. The van der Waals surface area contributed by atoms with Gasteiger partial charge in [-0.05, 0) is 42.9 Å². The molecule has 1 rings (SSSR count). The summed E-state index contributed by atoms with van der Waals surface area (Å²) in [6, 6.07) is 2.17. The Morgan fingerprint density at radius 3 is 2.92 bits per heavy atom. The van der Waals surface area contributed by atoms with E-state index in [1.807, 2.05) is 11.3 Å². The summed E-state index contributed by atoms with van der Waals surface area (Å²) in [5, 5.41) is 3.20. The Bertz CT molecular complexity index is 273. The average Bonchev–Trinajstić information content (AvgIpc) is 2.47. The zero-order valence-electron chi connectivity index (χ0n) is 7.43. The molecule has 66 valence electrons. The van der Waals surface area contributed by atoms with E-state index in [2.05, 4.69) is 47.3 Å². The molecule has 2 heteroatoms. The highest BCUT2D eigenvalue weighted by atomic mass is 79.9. The lowest BCUT2D eigenvalue weighted by Crippen LogP contribution is -1.77. The van der Waals surface area contributed by atoms with Gasteiger partial charge >= 0.3 is 0 Å². The van der Waals surface area contributed by atoms with Crippen LogP contribution in [0.4, 0.5) is 0 Å². The second-order valence-corrected chi connectivity index (χ2v) is 4.51. The molecule has 0 unspecified atom stereocenters. The van der Waals surface area contributed by atoms with Crippen molar-refractivity contribution >= 4 is 32.8 Å². The van der Waals surface area contributed by atoms with Crippen molar-refractivity contribution in [1.82, 2.24) is 0 Å². The molecular formula is C10H13BrS. The number of aryl methyl sites for hydroxylation is 1. The predicted octanol–water partition coefficient (Wildman–Crippen LogP) is 4.24. The van der Waals surface area contributed by atoms with Gasteiger partial charge in [0.25, 0.3) is 0 Å². The molecule has 0 atom stereocenters. The summed E-state index contributed by atoms with van der Waals surface area (Å²) >= 11 is 5.24. The quantitative estimate of drug-likeness (QED) is 0.698. The van der Waals surface area contributed by atoms with Gasteiger partial charge in [0, 0.05) is 10.2 Å². The fourth-order valence-corrected chi connectivity index (χ4v) is 2.30. The van der Waals surface area contributed by atoms with Gasteiger partial charge in [-0.3, -0.25) is 0 Å². The number of allylic oxidation sites excluding steroid dienone is 2. The van der Waals surface area contributed by atoms with Crippen LogP contribution in [0.5, 0.6) is 0 Å². The van der Waals surface area contributed by atoms with E-state index < -0.39 is 0 Å². The molecule has 0 fully saturated rings. The zero-order chi connectivity index (χ0) is 8.97. The predicted molar refractivity (Wildman–Crippen MR) is 61.1 cm³/mol. The number of hydrogen-bond acceptors (Lipinski definition) is 1. The monoisotopic (exact) mass is 244 g/mol. The van der Waals surface area contributed by atoms with Crippen LogP contribution < -0.4 is 0 Å². The van der Waals surface area contributed by atoms with Crippen LogP contribution in [0.1, 0.15) is 23.8 Å². The lowest BCUT2D eigenvalue weighted by molar-refractivity contribution is 1.26. The molecule has 0 amide bonds. The van der Waals surface area contributed by atoms with Crippen LogP contribution in [-0.4, -0.2) is 5.33 Å². The first-order chi connectivity index (χ1) is 5.75. The maximum atomic E-state index is 3.42. The molecule has 1 aromatic rings. The summed E-state index contributed by atoms with van der Waals surface area (Å²) in [5.74, 6) is 0. The molecule has 0 bridgehead atoms. The van der Waals surface area contributed by atoms with Gasteiger partial charge in [-0.15, -0.1) is 11.3 Å². The number of hydrogen-bond donors (Lipinski definition) is 0. The smallest absolute Gasteiger partial charge is 0.0325 e. The molecule has 0 aliphatic heterocycles. The van der Waals surface area contributed by atoms with Gasteiger partial charge in [0.1, 0.15) is 0 Å². The van der Waals surface area contributed by atoms with Crippen LogP contribution in [0.15, 0.2) is 17.5 Å². The van der Waals surface area contributed by atoms with E-state index in [0.29, 0.717) is 0 Å². The first-order valence-electron chi connectivity index (χ1n) is 4.03. The van der Waals surface area contributed by atoms with E-state index in [1.165, 1.54) is 16.0 Å². The van der Waals surface area contributed by atoms with Crippen LogP contribution in [0.2, 0.25) is 0 Å². The zero-order valence-corrected chi connectivity index (χ0v) is 9.83. The Balaban J connectivity index is 2.77. The third kappa shape index (κ3) is 2.46. The van der Waals surface area contributed by atoms with Gasteiger partial charge in [0.15, 0.2) is 0 Å². The fourth-order valence-electron chi connectivity index (χ4n) is 1.14. The molecule has 0 aromatic carbocycles. The van der Waals surface area contributed by atoms with Gasteiger partial charge in [-0.25, -0.2) is 0 Å². The van der Waals surface area contributed by atoms with Crippen molar-refractivity contribution in [1.29, 1.82) is 0 Å². The normalized spacial score (nSPS) is 12.1. The van der Waals surface area contributed by atoms with Gasteiger partial charge in [-0.2, -0.15) is 0 Å². The molecule has 0 nitrogen and oxygen atoms in total. The van der Waals surface area contributed by atoms with Crippen molar-refractivity contribution in [3.8, 4) is 0 Å². The maximum Gasteiger partial charge on any atom is 0.0325 e. The summed E-state index contributed by atoms with van der Waals surface area (Å²) in [5.41, 5.74) is 2.80. The maximum absolute atomic E-state index is 3.42. The minimum atomic E-state index is 1.05. The lowest BCUT2D eigenvalue weighted by Gasteiger charge is -1.98. The third-order valence-corrected chi connectivity index (χ3v) is 3.39. The molecule has 12 heavy (non-hydrogen) atoms. The van der Waals surface area contributed by atoms with Crippen molar-refractivity contribution in [2.75, 3.05) is 5.33 Å². The van der Waals surface area contributed by atoms with Crippen LogP contribution in [0.25, 0.3) is 5.57 Å². The molecule has 0 radical (unpaired) electrons. The molecule has 0 aliphatic carbocycles. The average molecular weight is 245 g/mol. The summed E-state index contributed by atoms with van der Waals surface area (Å²) in [4.78, 5) is 1.43. The van der Waals surface area contributed by atoms with E-state index in [0.717, 1.165) is 11.8 Å². The standard InChI is InChI=1S/C10H13BrS/c1-8(4-3-6-11)10-9(2)5-7-12-10/h4-5,7H,3,6H2,1-2H3. The first kappa shape index (κ1) is 10.0. The van der Waals surface area contributed by atoms with Crippen molar-refractivity contribution in [2.45, 2.75) is 20.3 Å². The lowest BCUT2D eigenvalue weighted by atomic mass is 10.1. The molecular weight excluding hydrogens is 232 g/mol.